The molecule has 1 aromatic carbocycles. The van der Waals surface area contributed by atoms with Crippen LogP contribution in [-0.2, 0) is 20.8 Å². The summed E-state index contributed by atoms with van der Waals surface area (Å²) < 4.78 is 0. The van der Waals surface area contributed by atoms with Crippen LogP contribution in [0, 0.1) is 0 Å². The molecule has 1 unspecified atom stereocenters. The summed E-state index contributed by atoms with van der Waals surface area (Å²) in [7, 11) is 0. The van der Waals surface area contributed by atoms with Crippen molar-refractivity contribution in [1.29, 1.82) is 0 Å². The summed E-state index contributed by atoms with van der Waals surface area (Å²) in [5.74, 6) is -0.278. The van der Waals surface area contributed by atoms with Gasteiger partial charge in [0.2, 0.25) is 17.7 Å². The van der Waals surface area contributed by atoms with Gasteiger partial charge in [0.15, 0.2) is 0 Å². The second-order valence-corrected chi connectivity index (χ2v) is 7.23. The molecule has 0 radical (unpaired) electrons. The minimum atomic E-state index is -0.429. The van der Waals surface area contributed by atoms with Crippen molar-refractivity contribution in [1.82, 2.24) is 15.1 Å². The van der Waals surface area contributed by atoms with Gasteiger partial charge >= 0.3 is 0 Å². The molecule has 8 nitrogen and oxygen atoms in total. The summed E-state index contributed by atoms with van der Waals surface area (Å²) in [4.78, 5) is 51.8. The van der Waals surface area contributed by atoms with Gasteiger partial charge in [0.1, 0.15) is 6.04 Å². The van der Waals surface area contributed by atoms with Gasteiger partial charge in [-0.1, -0.05) is 0 Å². The zero-order valence-electron chi connectivity index (χ0n) is 15.0. The number of hydrogen-bond donors (Lipinski definition) is 2. The lowest BCUT2D eigenvalue weighted by atomic mass is 10.1. The highest BCUT2D eigenvalue weighted by molar-refractivity contribution is 6.01. The lowest BCUT2D eigenvalue weighted by Gasteiger charge is -2.24. The molecular formula is C19H22N4O4. The molecule has 0 spiro atoms. The highest BCUT2D eigenvalue weighted by atomic mass is 16.2. The standard InChI is InChI=1S/C19H22N4O4/c24-16-5-4-15(21-16)19(27)23-7-1-6-22(8-9-23)18(26)12-2-3-14-13(10-12)11-17(25)20-14/h2-3,10,15H,1,4-9,11H2,(H,20,25)(H,21,24). The maximum Gasteiger partial charge on any atom is 0.253 e. The maximum atomic E-state index is 12.9. The Bertz CT molecular complexity index is 822. The fraction of sp³-hybridized carbons (Fsp3) is 0.474. The second-order valence-electron chi connectivity index (χ2n) is 7.23. The summed E-state index contributed by atoms with van der Waals surface area (Å²) in [6, 6.07) is 4.84. The Morgan fingerprint density at radius 1 is 1.00 bits per heavy atom. The Balaban J connectivity index is 1.40. The Morgan fingerprint density at radius 3 is 2.56 bits per heavy atom. The predicted molar refractivity (Wildman–Crippen MR) is 97.0 cm³/mol. The van der Waals surface area contributed by atoms with Crippen LogP contribution in [0.4, 0.5) is 5.69 Å². The molecule has 0 saturated carbocycles. The van der Waals surface area contributed by atoms with Crippen molar-refractivity contribution in [3.63, 3.8) is 0 Å². The minimum absolute atomic E-state index is 0.0578. The van der Waals surface area contributed by atoms with Crippen LogP contribution >= 0.6 is 0 Å². The van der Waals surface area contributed by atoms with Crippen LogP contribution in [0.5, 0.6) is 0 Å². The summed E-state index contributed by atoms with van der Waals surface area (Å²) in [5, 5.41) is 5.48. The van der Waals surface area contributed by atoms with Crippen molar-refractivity contribution >= 4 is 29.3 Å². The molecule has 3 aliphatic heterocycles. The number of hydrogen-bond acceptors (Lipinski definition) is 4. The molecule has 4 rings (SSSR count). The first-order valence-corrected chi connectivity index (χ1v) is 9.31. The smallest absolute Gasteiger partial charge is 0.253 e. The molecule has 2 fully saturated rings. The van der Waals surface area contributed by atoms with E-state index in [-0.39, 0.29) is 23.6 Å². The SMILES string of the molecule is O=C1Cc2cc(C(=O)N3CCCN(C(=O)C4CCC(=O)N4)CC3)ccc2N1. The first-order chi connectivity index (χ1) is 13.0. The van der Waals surface area contributed by atoms with Gasteiger partial charge in [-0.25, -0.2) is 0 Å². The molecule has 0 aromatic heterocycles. The van der Waals surface area contributed by atoms with Gasteiger partial charge in [0.05, 0.1) is 6.42 Å². The number of amides is 4. The lowest BCUT2D eigenvalue weighted by Crippen LogP contribution is -2.46. The van der Waals surface area contributed by atoms with E-state index in [4.69, 9.17) is 0 Å². The molecule has 8 heteroatoms. The third-order valence-corrected chi connectivity index (χ3v) is 5.37. The first-order valence-electron chi connectivity index (χ1n) is 9.31. The van der Waals surface area contributed by atoms with Gasteiger partial charge < -0.3 is 20.4 Å². The van der Waals surface area contributed by atoms with E-state index in [9.17, 15) is 19.2 Å². The molecule has 3 aliphatic rings. The molecular weight excluding hydrogens is 348 g/mol. The molecule has 1 atom stereocenters. The van der Waals surface area contributed by atoms with Gasteiger partial charge in [-0.15, -0.1) is 0 Å². The average molecular weight is 370 g/mol. The number of carbonyl (C=O) groups excluding carboxylic acids is 4. The number of anilines is 1. The molecule has 4 amide bonds. The van der Waals surface area contributed by atoms with Gasteiger partial charge in [-0.2, -0.15) is 0 Å². The summed E-state index contributed by atoms with van der Waals surface area (Å²) in [5.41, 5.74) is 2.17. The third-order valence-electron chi connectivity index (χ3n) is 5.37. The van der Waals surface area contributed by atoms with E-state index in [0.717, 1.165) is 11.3 Å². The number of fused-ring (bicyclic) bond motifs is 1. The number of rotatable bonds is 2. The normalized spacial score (nSPS) is 22.1. The Morgan fingerprint density at radius 2 is 1.78 bits per heavy atom. The molecule has 142 valence electrons. The van der Waals surface area contributed by atoms with E-state index in [1.165, 1.54) is 0 Å². The lowest BCUT2D eigenvalue weighted by molar-refractivity contribution is -0.134. The van der Waals surface area contributed by atoms with Gasteiger partial charge in [0, 0.05) is 43.9 Å². The van der Waals surface area contributed by atoms with E-state index in [1.807, 2.05) is 0 Å². The quantitative estimate of drug-likeness (QED) is 0.773. The topological polar surface area (TPSA) is 98.8 Å². The van der Waals surface area contributed by atoms with E-state index in [1.54, 1.807) is 28.0 Å². The van der Waals surface area contributed by atoms with E-state index in [0.29, 0.717) is 57.4 Å². The van der Waals surface area contributed by atoms with Crippen molar-refractivity contribution in [2.45, 2.75) is 31.7 Å². The van der Waals surface area contributed by atoms with Crippen molar-refractivity contribution in [3.05, 3.63) is 29.3 Å². The van der Waals surface area contributed by atoms with Gasteiger partial charge in [-0.05, 0) is 36.6 Å². The van der Waals surface area contributed by atoms with Crippen molar-refractivity contribution < 1.29 is 19.2 Å². The van der Waals surface area contributed by atoms with Crippen molar-refractivity contribution in [2.75, 3.05) is 31.5 Å². The average Bonchev–Trinajstić information content (AvgIpc) is 3.16. The molecule has 3 heterocycles. The van der Waals surface area contributed by atoms with Gasteiger partial charge in [0.25, 0.3) is 5.91 Å². The van der Waals surface area contributed by atoms with Crippen LogP contribution in [0.3, 0.4) is 0 Å². The van der Waals surface area contributed by atoms with Crippen molar-refractivity contribution in [3.8, 4) is 0 Å². The van der Waals surface area contributed by atoms with E-state index in [2.05, 4.69) is 10.6 Å². The number of nitrogens with one attached hydrogen (secondary N) is 2. The zero-order chi connectivity index (χ0) is 19.0. The van der Waals surface area contributed by atoms with Crippen LogP contribution in [0.15, 0.2) is 18.2 Å². The molecule has 2 saturated heterocycles. The predicted octanol–water partition coefficient (Wildman–Crippen LogP) is 0.134. The van der Waals surface area contributed by atoms with Crippen molar-refractivity contribution in [2.24, 2.45) is 0 Å². The van der Waals surface area contributed by atoms with Gasteiger partial charge in [-0.3, -0.25) is 19.2 Å². The summed E-state index contributed by atoms with van der Waals surface area (Å²) in [6.45, 7) is 2.08. The van der Waals surface area contributed by atoms with E-state index < -0.39 is 6.04 Å². The summed E-state index contributed by atoms with van der Waals surface area (Å²) in [6.07, 6.45) is 1.93. The molecule has 2 N–H and O–H groups in total. The summed E-state index contributed by atoms with van der Waals surface area (Å²) >= 11 is 0. The van der Waals surface area contributed by atoms with E-state index >= 15 is 0 Å². The molecule has 0 aliphatic carbocycles. The van der Waals surface area contributed by atoms with Crippen LogP contribution in [0.1, 0.15) is 35.2 Å². The highest BCUT2D eigenvalue weighted by Gasteiger charge is 2.32. The Hall–Kier alpha value is -2.90. The second kappa shape index (κ2) is 7.02. The number of benzene rings is 1. The van der Waals surface area contributed by atoms with Crippen LogP contribution in [0.2, 0.25) is 0 Å². The Labute approximate surface area is 156 Å². The largest absolute Gasteiger partial charge is 0.344 e. The van der Waals surface area contributed by atoms with Crippen LogP contribution < -0.4 is 10.6 Å². The molecule has 27 heavy (non-hydrogen) atoms. The Kier molecular flexibility index (Phi) is 4.55. The van der Waals surface area contributed by atoms with Crippen LogP contribution in [0.25, 0.3) is 0 Å². The molecule has 0 bridgehead atoms. The number of carbonyl (C=O) groups is 4. The first kappa shape index (κ1) is 17.5. The maximum absolute atomic E-state index is 12.9. The third kappa shape index (κ3) is 3.51. The number of nitrogens with zero attached hydrogens (tertiary/aromatic N) is 2. The highest BCUT2D eigenvalue weighted by Crippen LogP contribution is 2.24. The zero-order valence-corrected chi connectivity index (χ0v) is 15.0. The fourth-order valence-electron chi connectivity index (χ4n) is 3.91. The fourth-order valence-corrected chi connectivity index (χ4v) is 3.91. The minimum Gasteiger partial charge on any atom is -0.344 e. The molecule has 1 aromatic rings. The van der Waals surface area contributed by atoms with Crippen LogP contribution in [-0.4, -0.2) is 65.6 Å². The monoisotopic (exact) mass is 370 g/mol.